The summed E-state index contributed by atoms with van der Waals surface area (Å²) >= 11 is 24.2. The van der Waals surface area contributed by atoms with Crippen molar-refractivity contribution in [2.24, 2.45) is 0 Å². The average molecular weight is 417 g/mol. The second-order valence-corrected chi connectivity index (χ2v) is 6.65. The number of halogens is 4. The van der Waals surface area contributed by atoms with Crippen molar-refractivity contribution in [3.8, 4) is 17.0 Å². The Morgan fingerprint density at radius 1 is 1.00 bits per heavy atom. The largest absolute Gasteiger partial charge is 0.423 e. The van der Waals surface area contributed by atoms with Crippen molar-refractivity contribution in [3.05, 3.63) is 67.8 Å². The van der Waals surface area contributed by atoms with Gasteiger partial charge >= 0.3 is 5.97 Å². The molecule has 0 saturated heterocycles. The van der Waals surface area contributed by atoms with Gasteiger partial charge in [0, 0.05) is 11.6 Å². The molecule has 0 aliphatic rings. The number of aromatic nitrogens is 1. The van der Waals surface area contributed by atoms with E-state index in [0.29, 0.717) is 20.6 Å². The van der Waals surface area contributed by atoms with Gasteiger partial charge in [0.15, 0.2) is 0 Å². The number of benzene rings is 2. The number of rotatable bonds is 3. The zero-order chi connectivity index (χ0) is 18.1. The van der Waals surface area contributed by atoms with Gasteiger partial charge in [-0.15, -0.1) is 0 Å². The number of hydrogen-bond acceptors (Lipinski definition) is 4. The zero-order valence-electron chi connectivity index (χ0n) is 12.6. The van der Waals surface area contributed by atoms with Crippen LogP contribution in [-0.4, -0.2) is 11.1 Å². The molecule has 0 aliphatic heterocycles. The van der Waals surface area contributed by atoms with Crippen LogP contribution in [0, 0.1) is 6.92 Å². The molecular weight excluding hydrogens is 408 g/mol. The summed E-state index contributed by atoms with van der Waals surface area (Å²) in [6, 6.07) is 9.46. The van der Waals surface area contributed by atoms with Crippen molar-refractivity contribution in [1.29, 1.82) is 0 Å². The third kappa shape index (κ3) is 3.62. The quantitative estimate of drug-likeness (QED) is 0.362. The standard InChI is InChI=1S/C17H9Cl4NO3/c1-8-14(17(23)24-9-5-6-10(18)13(21)7-9)16(22-25-8)15-11(19)3-2-4-12(15)20/h2-7H,1H3. The lowest BCUT2D eigenvalue weighted by atomic mass is 10.1. The molecule has 1 aromatic heterocycles. The van der Waals surface area contributed by atoms with E-state index in [2.05, 4.69) is 5.16 Å². The number of ether oxygens (including phenoxy) is 1. The summed E-state index contributed by atoms with van der Waals surface area (Å²) in [5.74, 6) is -0.171. The van der Waals surface area contributed by atoms with E-state index in [4.69, 9.17) is 55.7 Å². The molecule has 0 amide bonds. The Morgan fingerprint density at radius 2 is 1.68 bits per heavy atom. The number of nitrogens with zero attached hydrogens (tertiary/aromatic N) is 1. The molecule has 2 aromatic carbocycles. The maximum atomic E-state index is 12.6. The molecule has 1 heterocycles. The molecule has 0 bridgehead atoms. The maximum absolute atomic E-state index is 12.6. The van der Waals surface area contributed by atoms with Crippen molar-refractivity contribution in [2.75, 3.05) is 0 Å². The second-order valence-electron chi connectivity index (χ2n) is 5.02. The first-order valence-electron chi connectivity index (χ1n) is 6.96. The van der Waals surface area contributed by atoms with Gasteiger partial charge < -0.3 is 9.26 Å². The summed E-state index contributed by atoms with van der Waals surface area (Å²) in [6.45, 7) is 1.59. The van der Waals surface area contributed by atoms with Crippen molar-refractivity contribution < 1.29 is 14.1 Å². The normalized spacial score (nSPS) is 10.8. The van der Waals surface area contributed by atoms with Crippen LogP contribution >= 0.6 is 46.4 Å². The third-order valence-corrected chi connectivity index (χ3v) is 4.74. The van der Waals surface area contributed by atoms with Gasteiger partial charge in [-0.25, -0.2) is 4.79 Å². The lowest BCUT2D eigenvalue weighted by Crippen LogP contribution is -2.10. The van der Waals surface area contributed by atoms with Crippen LogP contribution in [0.5, 0.6) is 5.75 Å². The molecule has 0 radical (unpaired) electrons. The molecule has 0 spiro atoms. The van der Waals surface area contributed by atoms with E-state index in [9.17, 15) is 4.79 Å². The van der Waals surface area contributed by atoms with Crippen LogP contribution in [0.2, 0.25) is 20.1 Å². The molecule has 3 aromatic rings. The highest BCUT2D eigenvalue weighted by Crippen LogP contribution is 2.37. The number of hydrogen-bond donors (Lipinski definition) is 0. The van der Waals surface area contributed by atoms with E-state index in [-0.39, 0.29) is 27.8 Å². The number of carbonyl (C=O) groups is 1. The molecule has 0 fully saturated rings. The van der Waals surface area contributed by atoms with Crippen molar-refractivity contribution in [2.45, 2.75) is 6.92 Å². The topological polar surface area (TPSA) is 52.3 Å². The Balaban J connectivity index is 2.02. The summed E-state index contributed by atoms with van der Waals surface area (Å²) in [5.41, 5.74) is 0.725. The van der Waals surface area contributed by atoms with Gasteiger partial charge in [0.2, 0.25) is 0 Å². The molecule has 4 nitrogen and oxygen atoms in total. The van der Waals surface area contributed by atoms with E-state index in [1.807, 2.05) is 0 Å². The number of esters is 1. The molecule has 25 heavy (non-hydrogen) atoms. The summed E-state index contributed by atoms with van der Waals surface area (Å²) in [6.07, 6.45) is 0. The van der Waals surface area contributed by atoms with Crippen LogP contribution in [-0.2, 0) is 0 Å². The molecule has 0 N–H and O–H groups in total. The fraction of sp³-hybridized carbons (Fsp3) is 0.0588. The van der Waals surface area contributed by atoms with Gasteiger partial charge in [-0.3, -0.25) is 0 Å². The minimum Gasteiger partial charge on any atom is -0.423 e. The van der Waals surface area contributed by atoms with Crippen LogP contribution in [0.1, 0.15) is 16.1 Å². The van der Waals surface area contributed by atoms with Gasteiger partial charge in [0.05, 0.1) is 20.1 Å². The first kappa shape index (κ1) is 18.1. The fourth-order valence-electron chi connectivity index (χ4n) is 2.21. The smallest absolute Gasteiger partial charge is 0.349 e. The van der Waals surface area contributed by atoms with Crippen LogP contribution in [0.3, 0.4) is 0 Å². The molecule has 128 valence electrons. The zero-order valence-corrected chi connectivity index (χ0v) is 15.7. The molecule has 3 rings (SSSR count). The van der Waals surface area contributed by atoms with Gasteiger partial charge in [-0.2, -0.15) is 0 Å². The summed E-state index contributed by atoms with van der Waals surface area (Å²) < 4.78 is 10.5. The predicted molar refractivity (Wildman–Crippen MR) is 98.1 cm³/mol. The predicted octanol–water partition coefficient (Wildman–Crippen LogP) is 6.48. The second kappa shape index (κ2) is 7.26. The first-order chi connectivity index (χ1) is 11.9. The lowest BCUT2D eigenvalue weighted by Gasteiger charge is -2.08. The Kier molecular flexibility index (Phi) is 5.25. The molecule has 0 unspecified atom stereocenters. The monoisotopic (exact) mass is 415 g/mol. The van der Waals surface area contributed by atoms with Crippen molar-refractivity contribution in [3.63, 3.8) is 0 Å². The van der Waals surface area contributed by atoms with Gasteiger partial charge in [0.1, 0.15) is 22.8 Å². The minimum atomic E-state index is -0.678. The van der Waals surface area contributed by atoms with Crippen LogP contribution in [0.25, 0.3) is 11.3 Å². The van der Waals surface area contributed by atoms with Gasteiger partial charge in [-0.05, 0) is 31.2 Å². The molecule has 0 atom stereocenters. The van der Waals surface area contributed by atoms with Crippen LogP contribution < -0.4 is 4.74 Å². The summed E-state index contributed by atoms with van der Waals surface area (Å²) in [7, 11) is 0. The van der Waals surface area contributed by atoms with E-state index < -0.39 is 5.97 Å². The highest BCUT2D eigenvalue weighted by Gasteiger charge is 2.26. The van der Waals surface area contributed by atoms with E-state index in [1.54, 1.807) is 25.1 Å². The molecule has 0 saturated carbocycles. The highest BCUT2D eigenvalue weighted by molar-refractivity contribution is 6.42. The van der Waals surface area contributed by atoms with Gasteiger partial charge in [0.25, 0.3) is 0 Å². The van der Waals surface area contributed by atoms with Crippen LogP contribution in [0.4, 0.5) is 0 Å². The Hall–Kier alpha value is -1.72. The van der Waals surface area contributed by atoms with Crippen LogP contribution in [0.15, 0.2) is 40.9 Å². The molecule has 8 heteroatoms. The lowest BCUT2D eigenvalue weighted by molar-refractivity contribution is 0.0733. The highest BCUT2D eigenvalue weighted by atomic mass is 35.5. The minimum absolute atomic E-state index is 0.126. The van der Waals surface area contributed by atoms with E-state index in [1.165, 1.54) is 18.2 Å². The maximum Gasteiger partial charge on any atom is 0.349 e. The first-order valence-corrected chi connectivity index (χ1v) is 8.47. The summed E-state index contributed by atoms with van der Waals surface area (Å²) in [5, 5.41) is 5.20. The molecule has 0 aliphatic carbocycles. The summed E-state index contributed by atoms with van der Waals surface area (Å²) in [4.78, 5) is 12.6. The Bertz CT molecular complexity index is 948. The Morgan fingerprint density at radius 3 is 2.32 bits per heavy atom. The number of aryl methyl sites for hydroxylation is 1. The van der Waals surface area contributed by atoms with E-state index >= 15 is 0 Å². The van der Waals surface area contributed by atoms with Crippen molar-refractivity contribution >= 4 is 52.4 Å². The van der Waals surface area contributed by atoms with Crippen molar-refractivity contribution in [1.82, 2.24) is 5.16 Å². The molecular formula is C17H9Cl4NO3. The Labute approximate surface area is 163 Å². The third-order valence-electron chi connectivity index (χ3n) is 3.37. The number of carbonyl (C=O) groups excluding carboxylic acids is 1. The average Bonchev–Trinajstić information content (AvgIpc) is 2.92. The SMILES string of the molecule is Cc1onc(-c2c(Cl)cccc2Cl)c1C(=O)Oc1ccc(Cl)c(Cl)c1. The van der Waals surface area contributed by atoms with Gasteiger partial charge in [-0.1, -0.05) is 57.6 Å². The fourth-order valence-corrected chi connectivity index (χ4v) is 3.07. The van der Waals surface area contributed by atoms with E-state index in [0.717, 1.165) is 0 Å².